The summed E-state index contributed by atoms with van der Waals surface area (Å²) in [6, 6.07) is 6.23. The normalized spacial score (nSPS) is 15.8. The van der Waals surface area contributed by atoms with Crippen LogP contribution < -0.4 is 5.32 Å². The molecule has 1 aromatic rings. The quantitative estimate of drug-likeness (QED) is 0.838. The van der Waals surface area contributed by atoms with E-state index in [1.807, 2.05) is 4.90 Å². The maximum atomic E-state index is 13.1. The predicted octanol–water partition coefficient (Wildman–Crippen LogP) is 2.00. The first-order valence-corrected chi connectivity index (χ1v) is 7.09. The standard InChI is InChI=1S/C15H21FN2O2/c16-12-4-3-5-13(10-12)17-15(20)11-18(8-9-19)14-6-1-2-7-14/h3-5,10,14,19H,1-2,6-9,11H2,(H,17,20). The van der Waals surface area contributed by atoms with Gasteiger partial charge in [-0.05, 0) is 31.0 Å². The van der Waals surface area contributed by atoms with Gasteiger partial charge in [-0.15, -0.1) is 0 Å². The van der Waals surface area contributed by atoms with E-state index in [4.69, 9.17) is 5.11 Å². The minimum absolute atomic E-state index is 0.0454. The highest BCUT2D eigenvalue weighted by atomic mass is 19.1. The smallest absolute Gasteiger partial charge is 0.238 e. The minimum Gasteiger partial charge on any atom is -0.395 e. The fourth-order valence-electron chi connectivity index (χ4n) is 2.74. The number of amides is 1. The lowest BCUT2D eigenvalue weighted by Gasteiger charge is -2.27. The zero-order valence-electron chi connectivity index (χ0n) is 11.5. The summed E-state index contributed by atoms with van der Waals surface area (Å²) in [5.41, 5.74) is 0.463. The number of hydrogen-bond donors (Lipinski definition) is 2. The lowest BCUT2D eigenvalue weighted by atomic mass is 10.2. The minimum atomic E-state index is -0.370. The Labute approximate surface area is 118 Å². The fraction of sp³-hybridized carbons (Fsp3) is 0.533. The number of aliphatic hydroxyl groups excluding tert-OH is 1. The summed E-state index contributed by atoms with van der Waals surface area (Å²) < 4.78 is 13.1. The third-order valence-corrected chi connectivity index (χ3v) is 3.68. The van der Waals surface area contributed by atoms with Crippen molar-refractivity contribution in [1.82, 2.24) is 4.90 Å². The predicted molar refractivity (Wildman–Crippen MR) is 75.9 cm³/mol. The summed E-state index contributed by atoms with van der Waals surface area (Å²) in [6.45, 7) is 0.784. The summed E-state index contributed by atoms with van der Waals surface area (Å²) >= 11 is 0. The molecular weight excluding hydrogens is 259 g/mol. The molecule has 0 bridgehead atoms. The Morgan fingerprint density at radius 3 is 2.80 bits per heavy atom. The van der Waals surface area contributed by atoms with Crippen LogP contribution in [0.3, 0.4) is 0 Å². The number of hydrogen-bond acceptors (Lipinski definition) is 3. The van der Waals surface area contributed by atoms with E-state index in [0.29, 0.717) is 18.3 Å². The maximum absolute atomic E-state index is 13.1. The number of rotatable bonds is 6. The van der Waals surface area contributed by atoms with Gasteiger partial charge in [-0.25, -0.2) is 4.39 Å². The fourth-order valence-corrected chi connectivity index (χ4v) is 2.74. The van der Waals surface area contributed by atoms with Gasteiger partial charge in [0.1, 0.15) is 5.82 Å². The van der Waals surface area contributed by atoms with E-state index in [9.17, 15) is 9.18 Å². The monoisotopic (exact) mass is 280 g/mol. The van der Waals surface area contributed by atoms with Crippen molar-refractivity contribution < 1.29 is 14.3 Å². The second kappa shape index (κ2) is 7.36. The van der Waals surface area contributed by atoms with E-state index in [-0.39, 0.29) is 24.9 Å². The van der Waals surface area contributed by atoms with Crippen LogP contribution in [0, 0.1) is 5.82 Å². The highest BCUT2D eigenvalue weighted by molar-refractivity contribution is 5.92. The highest BCUT2D eigenvalue weighted by Crippen LogP contribution is 2.23. The molecule has 5 heteroatoms. The zero-order valence-corrected chi connectivity index (χ0v) is 11.5. The maximum Gasteiger partial charge on any atom is 0.238 e. The first-order valence-electron chi connectivity index (χ1n) is 7.09. The topological polar surface area (TPSA) is 52.6 Å². The van der Waals surface area contributed by atoms with Crippen LogP contribution in [0.4, 0.5) is 10.1 Å². The molecule has 1 aliphatic rings. The first-order chi connectivity index (χ1) is 9.69. The number of halogens is 1. The van der Waals surface area contributed by atoms with Crippen molar-refractivity contribution in [3.63, 3.8) is 0 Å². The molecule has 1 aliphatic carbocycles. The van der Waals surface area contributed by atoms with Gasteiger partial charge < -0.3 is 10.4 Å². The lowest BCUT2D eigenvalue weighted by molar-refractivity contribution is -0.118. The van der Waals surface area contributed by atoms with Crippen LogP contribution in [0.25, 0.3) is 0 Å². The van der Waals surface area contributed by atoms with E-state index in [2.05, 4.69) is 5.32 Å². The van der Waals surface area contributed by atoms with Crippen LogP contribution in [0.15, 0.2) is 24.3 Å². The molecule has 4 nitrogen and oxygen atoms in total. The van der Waals surface area contributed by atoms with Crippen molar-refractivity contribution in [2.24, 2.45) is 0 Å². The molecule has 20 heavy (non-hydrogen) atoms. The molecule has 1 saturated carbocycles. The van der Waals surface area contributed by atoms with E-state index in [1.165, 1.54) is 25.0 Å². The summed E-state index contributed by atoms with van der Waals surface area (Å²) in [7, 11) is 0. The van der Waals surface area contributed by atoms with Gasteiger partial charge >= 0.3 is 0 Å². The first kappa shape index (κ1) is 14.9. The van der Waals surface area contributed by atoms with Crippen LogP contribution in [0.1, 0.15) is 25.7 Å². The van der Waals surface area contributed by atoms with Crippen LogP contribution in [0.5, 0.6) is 0 Å². The molecule has 0 radical (unpaired) electrons. The van der Waals surface area contributed by atoms with Crippen molar-refractivity contribution >= 4 is 11.6 Å². The molecule has 110 valence electrons. The van der Waals surface area contributed by atoms with Crippen molar-refractivity contribution in [1.29, 1.82) is 0 Å². The van der Waals surface area contributed by atoms with Crippen LogP contribution >= 0.6 is 0 Å². The zero-order chi connectivity index (χ0) is 14.4. The summed E-state index contributed by atoms with van der Waals surface area (Å²) in [5.74, 6) is -0.540. The third-order valence-electron chi connectivity index (χ3n) is 3.68. The number of carbonyl (C=O) groups is 1. The summed E-state index contributed by atoms with van der Waals surface area (Å²) in [4.78, 5) is 14.0. The Hall–Kier alpha value is -1.46. The Morgan fingerprint density at radius 1 is 1.40 bits per heavy atom. The summed E-state index contributed by atoms with van der Waals surface area (Å²) in [6.07, 6.45) is 4.51. The van der Waals surface area contributed by atoms with Gasteiger partial charge in [0.15, 0.2) is 0 Å². The van der Waals surface area contributed by atoms with Crippen molar-refractivity contribution in [3.05, 3.63) is 30.1 Å². The molecule has 0 unspecified atom stereocenters. The molecule has 0 atom stereocenters. The van der Waals surface area contributed by atoms with Gasteiger partial charge in [-0.1, -0.05) is 18.9 Å². The number of benzene rings is 1. The van der Waals surface area contributed by atoms with Crippen molar-refractivity contribution in [2.45, 2.75) is 31.7 Å². The molecule has 1 amide bonds. The largest absolute Gasteiger partial charge is 0.395 e. The average Bonchev–Trinajstić information content (AvgIpc) is 2.92. The van der Waals surface area contributed by atoms with Crippen LogP contribution in [-0.4, -0.2) is 41.7 Å². The average molecular weight is 280 g/mol. The highest BCUT2D eigenvalue weighted by Gasteiger charge is 2.23. The second-order valence-corrected chi connectivity index (χ2v) is 5.19. The number of carbonyl (C=O) groups excluding carboxylic acids is 1. The van der Waals surface area contributed by atoms with Crippen LogP contribution in [0.2, 0.25) is 0 Å². The molecule has 2 N–H and O–H groups in total. The third kappa shape index (κ3) is 4.28. The van der Waals surface area contributed by atoms with Crippen molar-refractivity contribution in [3.8, 4) is 0 Å². The Balaban J connectivity index is 1.90. The number of nitrogens with zero attached hydrogens (tertiary/aromatic N) is 1. The van der Waals surface area contributed by atoms with Gasteiger partial charge in [0, 0.05) is 18.3 Å². The lowest BCUT2D eigenvalue weighted by Crippen LogP contribution is -2.41. The van der Waals surface area contributed by atoms with Gasteiger partial charge in [0.25, 0.3) is 0 Å². The molecular formula is C15H21FN2O2. The van der Waals surface area contributed by atoms with E-state index >= 15 is 0 Å². The van der Waals surface area contributed by atoms with Crippen LogP contribution in [-0.2, 0) is 4.79 Å². The molecule has 0 aliphatic heterocycles. The second-order valence-electron chi connectivity index (χ2n) is 5.19. The van der Waals surface area contributed by atoms with Gasteiger partial charge in [-0.2, -0.15) is 0 Å². The molecule has 0 saturated heterocycles. The van der Waals surface area contributed by atoms with E-state index < -0.39 is 0 Å². The van der Waals surface area contributed by atoms with Crippen molar-refractivity contribution in [2.75, 3.05) is 25.0 Å². The molecule has 0 aromatic heterocycles. The van der Waals surface area contributed by atoms with Gasteiger partial charge in [0.05, 0.1) is 13.2 Å². The van der Waals surface area contributed by atoms with E-state index in [0.717, 1.165) is 12.8 Å². The molecule has 0 heterocycles. The number of aliphatic hydroxyl groups is 1. The Morgan fingerprint density at radius 2 is 2.15 bits per heavy atom. The van der Waals surface area contributed by atoms with Gasteiger partial charge in [0.2, 0.25) is 5.91 Å². The molecule has 0 spiro atoms. The Kier molecular flexibility index (Phi) is 5.49. The SMILES string of the molecule is O=C(CN(CCO)C1CCCC1)Nc1cccc(F)c1. The molecule has 1 aromatic carbocycles. The number of nitrogens with one attached hydrogen (secondary N) is 1. The van der Waals surface area contributed by atoms with E-state index in [1.54, 1.807) is 12.1 Å². The molecule has 1 fully saturated rings. The Bertz CT molecular complexity index is 447. The summed E-state index contributed by atoms with van der Waals surface area (Å²) in [5, 5.41) is 11.8. The number of anilines is 1. The molecule has 2 rings (SSSR count). The van der Waals surface area contributed by atoms with Gasteiger partial charge in [-0.3, -0.25) is 9.69 Å².